The van der Waals surface area contributed by atoms with Gasteiger partial charge in [-0.3, -0.25) is 14.4 Å². The lowest BCUT2D eigenvalue weighted by Gasteiger charge is -2.27. The highest BCUT2D eigenvalue weighted by atomic mass is 32.2. The number of thioether (sulfide) groups is 1. The number of nitrogens with one attached hydrogen (secondary N) is 2. The summed E-state index contributed by atoms with van der Waals surface area (Å²) >= 11 is 1.39. The van der Waals surface area contributed by atoms with E-state index in [2.05, 4.69) is 32.7 Å². The summed E-state index contributed by atoms with van der Waals surface area (Å²) < 4.78 is 0. The van der Waals surface area contributed by atoms with E-state index < -0.39 is 5.25 Å². The maximum atomic E-state index is 12.6. The molecule has 0 saturated carbocycles. The lowest BCUT2D eigenvalue weighted by molar-refractivity contribution is -0.121. The Kier molecular flexibility index (Phi) is 7.63. The number of benzene rings is 1. The predicted octanol–water partition coefficient (Wildman–Crippen LogP) is 3.59. The van der Waals surface area contributed by atoms with Crippen LogP contribution in [0.5, 0.6) is 0 Å². The summed E-state index contributed by atoms with van der Waals surface area (Å²) in [5.74, 6) is -0.156. The van der Waals surface area contributed by atoms with Crippen LogP contribution < -0.4 is 10.6 Å². The van der Waals surface area contributed by atoms with Crippen LogP contribution in [-0.2, 0) is 9.59 Å². The number of aliphatic imine (C=N–C) groups is 1. The molecular weight excluding hydrogens is 424 g/mol. The fourth-order valence-corrected chi connectivity index (χ4v) is 5.35. The van der Waals surface area contributed by atoms with E-state index in [-0.39, 0.29) is 24.1 Å². The van der Waals surface area contributed by atoms with Crippen molar-refractivity contribution < 1.29 is 14.4 Å². The molecule has 3 aliphatic rings. The first-order valence-corrected chi connectivity index (χ1v) is 12.3. The number of carbonyl (C=O) groups excluding carboxylic acids is 3. The van der Waals surface area contributed by atoms with Crippen molar-refractivity contribution >= 4 is 40.3 Å². The zero-order valence-electron chi connectivity index (χ0n) is 18.2. The van der Waals surface area contributed by atoms with Gasteiger partial charge in [-0.2, -0.15) is 4.99 Å². The van der Waals surface area contributed by atoms with Crippen molar-refractivity contribution in [2.45, 2.75) is 50.2 Å². The van der Waals surface area contributed by atoms with Crippen LogP contribution in [0.3, 0.4) is 0 Å². The average molecular weight is 455 g/mol. The Hall–Kier alpha value is -2.61. The third-order valence-corrected chi connectivity index (χ3v) is 7.28. The number of rotatable bonds is 6. The zero-order chi connectivity index (χ0) is 22.3. The van der Waals surface area contributed by atoms with Gasteiger partial charge in [0.1, 0.15) is 5.25 Å². The van der Waals surface area contributed by atoms with E-state index in [1.165, 1.54) is 18.2 Å². The molecule has 1 fully saturated rings. The SMILES string of the molecule is O=C(CC1SC(N2CCCCC2)=NC1=O)Nc1cccc(C(=O)NCC2CC=CCC2)c1. The molecular formula is C24H30N4O3S. The number of carbonyl (C=O) groups is 3. The first-order chi connectivity index (χ1) is 15.6. The molecule has 2 atom stereocenters. The molecule has 32 heavy (non-hydrogen) atoms. The molecule has 2 heterocycles. The summed E-state index contributed by atoms with van der Waals surface area (Å²) in [4.78, 5) is 43.7. The van der Waals surface area contributed by atoms with Gasteiger partial charge < -0.3 is 15.5 Å². The van der Waals surface area contributed by atoms with E-state index in [1.807, 2.05) is 0 Å². The monoisotopic (exact) mass is 454 g/mol. The number of piperidine rings is 1. The average Bonchev–Trinajstić information content (AvgIpc) is 3.19. The van der Waals surface area contributed by atoms with Gasteiger partial charge in [-0.05, 0) is 62.6 Å². The van der Waals surface area contributed by atoms with Gasteiger partial charge in [0.25, 0.3) is 11.8 Å². The van der Waals surface area contributed by atoms with Crippen molar-refractivity contribution in [3.05, 3.63) is 42.0 Å². The van der Waals surface area contributed by atoms with E-state index in [4.69, 9.17) is 0 Å². The molecule has 2 N–H and O–H groups in total. The third kappa shape index (κ3) is 6.00. The molecule has 1 aliphatic carbocycles. The van der Waals surface area contributed by atoms with E-state index in [9.17, 15) is 14.4 Å². The highest BCUT2D eigenvalue weighted by Crippen LogP contribution is 2.29. The molecule has 8 heteroatoms. The first-order valence-electron chi connectivity index (χ1n) is 11.5. The van der Waals surface area contributed by atoms with Gasteiger partial charge >= 0.3 is 0 Å². The Morgan fingerprint density at radius 1 is 1.16 bits per heavy atom. The second kappa shape index (κ2) is 10.8. The Morgan fingerprint density at radius 3 is 2.78 bits per heavy atom. The van der Waals surface area contributed by atoms with Crippen LogP contribution in [0, 0.1) is 5.92 Å². The minimum absolute atomic E-state index is 0.0654. The molecule has 2 unspecified atom stereocenters. The van der Waals surface area contributed by atoms with Gasteiger partial charge in [0.05, 0.1) is 0 Å². The van der Waals surface area contributed by atoms with Crippen LogP contribution in [0.15, 0.2) is 41.4 Å². The maximum absolute atomic E-state index is 12.6. The lowest BCUT2D eigenvalue weighted by atomic mass is 9.94. The van der Waals surface area contributed by atoms with Gasteiger partial charge in [0, 0.05) is 37.3 Å². The van der Waals surface area contributed by atoms with Crippen LogP contribution in [-0.4, -0.2) is 52.7 Å². The molecule has 0 spiro atoms. The number of anilines is 1. The van der Waals surface area contributed by atoms with Crippen molar-refractivity contribution in [3.8, 4) is 0 Å². The predicted molar refractivity (Wildman–Crippen MR) is 128 cm³/mol. The molecule has 0 bridgehead atoms. The first kappa shape index (κ1) is 22.6. The summed E-state index contributed by atoms with van der Waals surface area (Å²) in [6.45, 7) is 2.49. The fraction of sp³-hybridized carbons (Fsp3) is 0.500. The number of amides is 3. The second-order valence-electron chi connectivity index (χ2n) is 8.58. The Morgan fingerprint density at radius 2 is 2.00 bits per heavy atom. The molecule has 4 rings (SSSR count). The van der Waals surface area contributed by atoms with Gasteiger partial charge in [0.15, 0.2) is 5.17 Å². The van der Waals surface area contributed by atoms with Crippen molar-refractivity contribution in [3.63, 3.8) is 0 Å². The highest BCUT2D eigenvalue weighted by Gasteiger charge is 2.33. The quantitative estimate of drug-likeness (QED) is 0.641. The number of amidine groups is 1. The minimum atomic E-state index is -0.483. The number of nitrogens with zero attached hydrogens (tertiary/aromatic N) is 2. The van der Waals surface area contributed by atoms with E-state index >= 15 is 0 Å². The molecule has 0 radical (unpaired) electrons. The van der Waals surface area contributed by atoms with Crippen molar-refractivity contribution in [2.24, 2.45) is 10.9 Å². The largest absolute Gasteiger partial charge is 0.352 e. The summed E-state index contributed by atoms with van der Waals surface area (Å²) in [6.07, 6.45) is 11.0. The van der Waals surface area contributed by atoms with Crippen LogP contribution in [0.2, 0.25) is 0 Å². The number of likely N-dealkylation sites (tertiary alicyclic amines) is 1. The van der Waals surface area contributed by atoms with Crippen LogP contribution in [0.4, 0.5) is 5.69 Å². The maximum Gasteiger partial charge on any atom is 0.262 e. The summed E-state index contributed by atoms with van der Waals surface area (Å²) in [6, 6.07) is 6.91. The van der Waals surface area contributed by atoms with Crippen molar-refractivity contribution in [2.75, 3.05) is 25.0 Å². The van der Waals surface area contributed by atoms with Crippen molar-refractivity contribution in [1.82, 2.24) is 10.2 Å². The Bertz CT molecular complexity index is 924. The smallest absolute Gasteiger partial charge is 0.262 e. The number of hydrogen-bond acceptors (Lipinski definition) is 5. The van der Waals surface area contributed by atoms with E-state index in [0.29, 0.717) is 23.7 Å². The van der Waals surface area contributed by atoms with Gasteiger partial charge in [0.2, 0.25) is 5.91 Å². The fourth-order valence-electron chi connectivity index (χ4n) is 4.23. The molecule has 2 aliphatic heterocycles. The highest BCUT2D eigenvalue weighted by molar-refractivity contribution is 8.15. The summed E-state index contributed by atoms with van der Waals surface area (Å²) in [5, 5.41) is 6.09. The van der Waals surface area contributed by atoms with Gasteiger partial charge in [-0.15, -0.1) is 0 Å². The zero-order valence-corrected chi connectivity index (χ0v) is 19.0. The molecule has 3 amide bonds. The molecule has 1 saturated heterocycles. The van der Waals surface area contributed by atoms with Gasteiger partial charge in [-0.25, -0.2) is 0 Å². The van der Waals surface area contributed by atoms with E-state index in [0.717, 1.165) is 50.4 Å². The third-order valence-electron chi connectivity index (χ3n) is 6.06. The Balaban J connectivity index is 1.27. The topological polar surface area (TPSA) is 90.9 Å². The summed E-state index contributed by atoms with van der Waals surface area (Å²) in [5.41, 5.74) is 1.06. The van der Waals surface area contributed by atoms with Crippen LogP contribution in [0.25, 0.3) is 0 Å². The number of allylic oxidation sites excluding steroid dienone is 2. The summed E-state index contributed by atoms with van der Waals surface area (Å²) in [7, 11) is 0. The number of hydrogen-bond donors (Lipinski definition) is 2. The molecule has 1 aromatic carbocycles. The second-order valence-corrected chi connectivity index (χ2v) is 9.75. The molecule has 170 valence electrons. The van der Waals surface area contributed by atoms with Crippen molar-refractivity contribution in [1.29, 1.82) is 0 Å². The normalized spacial score (nSPS) is 23.1. The standard InChI is InChI=1S/C24H30N4O3S/c29-21(15-20-23(31)27-24(32-20)28-12-5-2-6-13-28)26-19-11-7-10-18(14-19)22(30)25-16-17-8-3-1-4-9-17/h1,3,7,10-11,14,17,20H,2,4-6,8-9,12-13,15-16H2,(H,25,30)(H,26,29). The lowest BCUT2D eigenvalue weighted by Crippen LogP contribution is -2.33. The molecule has 7 nitrogen and oxygen atoms in total. The molecule has 0 aromatic heterocycles. The van der Waals surface area contributed by atoms with Gasteiger partial charge in [-0.1, -0.05) is 30.0 Å². The van der Waals surface area contributed by atoms with E-state index in [1.54, 1.807) is 24.3 Å². The van der Waals surface area contributed by atoms with Crippen LogP contribution >= 0.6 is 11.8 Å². The molecule has 1 aromatic rings. The van der Waals surface area contributed by atoms with Crippen LogP contribution in [0.1, 0.15) is 55.3 Å². The minimum Gasteiger partial charge on any atom is -0.352 e. The Labute approximate surface area is 193 Å².